The van der Waals surface area contributed by atoms with E-state index < -0.39 is 0 Å². The normalized spacial score (nSPS) is 15.5. The maximum atomic E-state index is 4.72. The largest absolute Gasteiger partial charge is 0.357 e. The number of nitrogens with zero attached hydrogens (tertiary/aromatic N) is 4. The number of piperazine rings is 1. The molecule has 1 N–H and O–H groups in total. The number of aliphatic imine (C=N–C) groups is 1. The monoisotopic (exact) mass is 417 g/mol. The number of pyridine rings is 1. The van der Waals surface area contributed by atoms with Crippen LogP contribution in [0.25, 0.3) is 0 Å². The Morgan fingerprint density at radius 1 is 1.23 bits per heavy atom. The number of anilines is 1. The lowest BCUT2D eigenvalue weighted by molar-refractivity contribution is 0.371. The summed E-state index contributed by atoms with van der Waals surface area (Å²) in [6, 6.07) is 6.09. The molecule has 1 fully saturated rings. The van der Waals surface area contributed by atoms with Crippen molar-refractivity contribution in [2.75, 3.05) is 44.2 Å². The van der Waals surface area contributed by atoms with Gasteiger partial charge in [0, 0.05) is 45.5 Å². The van der Waals surface area contributed by atoms with Crippen molar-refractivity contribution >= 4 is 35.8 Å². The Bertz CT molecular complexity index is 429. The van der Waals surface area contributed by atoms with Gasteiger partial charge in [0.25, 0.3) is 0 Å². The van der Waals surface area contributed by atoms with E-state index in [1.54, 1.807) is 0 Å². The minimum Gasteiger partial charge on any atom is -0.357 e. The van der Waals surface area contributed by atoms with Crippen molar-refractivity contribution < 1.29 is 0 Å². The van der Waals surface area contributed by atoms with Gasteiger partial charge in [-0.1, -0.05) is 19.4 Å². The fraction of sp³-hybridized carbons (Fsp3) is 0.625. The van der Waals surface area contributed by atoms with Gasteiger partial charge >= 0.3 is 0 Å². The Hall–Kier alpha value is -1.05. The van der Waals surface area contributed by atoms with Gasteiger partial charge in [-0.25, -0.2) is 4.98 Å². The summed E-state index contributed by atoms with van der Waals surface area (Å²) in [6.07, 6.45) is 4.21. The summed E-state index contributed by atoms with van der Waals surface area (Å²) in [5.41, 5.74) is 0. The molecule has 0 bridgehead atoms. The van der Waals surface area contributed by atoms with Crippen LogP contribution in [-0.2, 0) is 0 Å². The molecule has 22 heavy (non-hydrogen) atoms. The molecule has 6 heteroatoms. The first-order chi connectivity index (χ1) is 10.3. The van der Waals surface area contributed by atoms with Crippen molar-refractivity contribution in [3.8, 4) is 0 Å². The lowest BCUT2D eigenvalue weighted by Gasteiger charge is -2.37. The molecule has 1 aliphatic heterocycles. The van der Waals surface area contributed by atoms with Crippen molar-refractivity contribution in [3.05, 3.63) is 24.4 Å². The molecule has 2 rings (SSSR count). The minimum atomic E-state index is 0. The third-order valence-corrected chi connectivity index (χ3v) is 3.66. The van der Waals surface area contributed by atoms with Gasteiger partial charge in [0.15, 0.2) is 5.96 Å². The second-order valence-electron chi connectivity index (χ2n) is 5.25. The van der Waals surface area contributed by atoms with Gasteiger partial charge in [0.2, 0.25) is 0 Å². The van der Waals surface area contributed by atoms with E-state index in [9.17, 15) is 0 Å². The first kappa shape index (κ1) is 19.0. The summed E-state index contributed by atoms with van der Waals surface area (Å²) >= 11 is 0. The fourth-order valence-corrected chi connectivity index (χ4v) is 2.46. The van der Waals surface area contributed by atoms with Gasteiger partial charge in [-0.15, -0.1) is 24.0 Å². The molecule has 0 radical (unpaired) electrons. The lowest BCUT2D eigenvalue weighted by atomic mass is 10.3. The molecule has 0 spiro atoms. The highest BCUT2D eigenvalue weighted by Gasteiger charge is 2.20. The van der Waals surface area contributed by atoms with Crippen molar-refractivity contribution in [2.45, 2.75) is 26.7 Å². The fourth-order valence-electron chi connectivity index (χ4n) is 2.46. The van der Waals surface area contributed by atoms with Gasteiger partial charge in [-0.3, -0.25) is 4.99 Å². The number of hydrogen-bond acceptors (Lipinski definition) is 3. The second-order valence-corrected chi connectivity index (χ2v) is 5.25. The molecule has 1 aliphatic rings. The van der Waals surface area contributed by atoms with E-state index >= 15 is 0 Å². The van der Waals surface area contributed by atoms with Crippen LogP contribution in [-0.4, -0.2) is 55.1 Å². The number of hydrogen-bond donors (Lipinski definition) is 1. The summed E-state index contributed by atoms with van der Waals surface area (Å²) in [7, 11) is 0. The average Bonchev–Trinajstić information content (AvgIpc) is 2.55. The second kappa shape index (κ2) is 10.6. The molecule has 5 nitrogen and oxygen atoms in total. The SMILES string of the molecule is CCCCN=C(NCC)N1CCN(c2ccccn2)CC1.I. The van der Waals surface area contributed by atoms with E-state index in [0.717, 1.165) is 57.5 Å². The molecule has 0 aromatic carbocycles. The average molecular weight is 417 g/mol. The smallest absolute Gasteiger partial charge is 0.194 e. The first-order valence-corrected chi connectivity index (χ1v) is 8.04. The van der Waals surface area contributed by atoms with Crippen LogP contribution < -0.4 is 10.2 Å². The summed E-state index contributed by atoms with van der Waals surface area (Å²) in [5.74, 6) is 2.14. The Morgan fingerprint density at radius 3 is 2.59 bits per heavy atom. The molecule has 1 aromatic rings. The quantitative estimate of drug-likeness (QED) is 0.346. The van der Waals surface area contributed by atoms with Crippen LogP contribution in [0.3, 0.4) is 0 Å². The van der Waals surface area contributed by atoms with E-state index in [-0.39, 0.29) is 24.0 Å². The van der Waals surface area contributed by atoms with Gasteiger partial charge in [0.1, 0.15) is 5.82 Å². The zero-order valence-electron chi connectivity index (χ0n) is 13.7. The van der Waals surface area contributed by atoms with E-state index in [1.807, 2.05) is 18.3 Å². The number of unbranched alkanes of at least 4 members (excludes halogenated alkanes) is 1. The molecule has 1 aromatic heterocycles. The third-order valence-electron chi connectivity index (χ3n) is 3.66. The first-order valence-electron chi connectivity index (χ1n) is 8.04. The molecule has 1 saturated heterocycles. The topological polar surface area (TPSA) is 43.8 Å². The zero-order chi connectivity index (χ0) is 14.9. The van der Waals surface area contributed by atoms with E-state index in [4.69, 9.17) is 4.99 Å². The van der Waals surface area contributed by atoms with Crippen LogP contribution in [0.15, 0.2) is 29.4 Å². The highest BCUT2D eigenvalue weighted by Crippen LogP contribution is 2.12. The molecular weight excluding hydrogens is 389 g/mol. The maximum absolute atomic E-state index is 4.72. The minimum absolute atomic E-state index is 0. The van der Waals surface area contributed by atoms with E-state index in [0.29, 0.717) is 0 Å². The van der Waals surface area contributed by atoms with Crippen molar-refractivity contribution in [1.29, 1.82) is 0 Å². The number of guanidine groups is 1. The van der Waals surface area contributed by atoms with Gasteiger partial charge in [-0.05, 0) is 25.5 Å². The number of rotatable bonds is 5. The van der Waals surface area contributed by atoms with Crippen molar-refractivity contribution in [3.63, 3.8) is 0 Å². The Balaban J connectivity index is 0.00000242. The van der Waals surface area contributed by atoms with E-state index in [2.05, 4.69) is 40.0 Å². The molecule has 124 valence electrons. The molecule has 0 aliphatic carbocycles. The Morgan fingerprint density at radius 2 is 2.00 bits per heavy atom. The van der Waals surface area contributed by atoms with E-state index in [1.165, 1.54) is 6.42 Å². The van der Waals surface area contributed by atoms with Crippen LogP contribution in [0.1, 0.15) is 26.7 Å². The number of aromatic nitrogens is 1. The number of halogens is 1. The van der Waals surface area contributed by atoms with Crippen molar-refractivity contribution in [1.82, 2.24) is 15.2 Å². The van der Waals surface area contributed by atoms with Gasteiger partial charge in [0.05, 0.1) is 0 Å². The summed E-state index contributed by atoms with van der Waals surface area (Å²) in [4.78, 5) is 13.9. The highest BCUT2D eigenvalue weighted by atomic mass is 127. The summed E-state index contributed by atoms with van der Waals surface area (Å²) < 4.78 is 0. The zero-order valence-corrected chi connectivity index (χ0v) is 16.0. The molecule has 0 amide bonds. The van der Waals surface area contributed by atoms with Crippen molar-refractivity contribution in [2.24, 2.45) is 4.99 Å². The maximum Gasteiger partial charge on any atom is 0.194 e. The van der Waals surface area contributed by atoms with Crippen LogP contribution in [0.5, 0.6) is 0 Å². The lowest BCUT2D eigenvalue weighted by Crippen LogP contribution is -2.52. The third kappa shape index (κ3) is 5.62. The standard InChI is InChI=1S/C16H27N5.HI/c1-3-5-9-19-16(17-4-2)21-13-11-20(12-14-21)15-8-6-7-10-18-15;/h6-8,10H,3-5,9,11-14H2,1-2H3,(H,17,19);1H. The van der Waals surface area contributed by atoms with Gasteiger partial charge in [-0.2, -0.15) is 0 Å². The predicted octanol–water partition coefficient (Wildman–Crippen LogP) is 2.59. The van der Waals surface area contributed by atoms with Crippen LogP contribution in [0.4, 0.5) is 5.82 Å². The molecule has 2 heterocycles. The van der Waals surface area contributed by atoms with Gasteiger partial charge < -0.3 is 15.1 Å². The summed E-state index contributed by atoms with van der Waals surface area (Å²) in [6.45, 7) is 10.1. The molecule has 0 unspecified atom stereocenters. The molecule has 0 saturated carbocycles. The Labute approximate surface area is 151 Å². The van der Waals surface area contributed by atoms with Crippen LogP contribution in [0.2, 0.25) is 0 Å². The Kier molecular flexibility index (Phi) is 9.19. The highest BCUT2D eigenvalue weighted by molar-refractivity contribution is 14.0. The van der Waals surface area contributed by atoms with Crippen LogP contribution >= 0.6 is 24.0 Å². The summed E-state index contributed by atoms with van der Waals surface area (Å²) in [5, 5.41) is 3.41. The molecule has 0 atom stereocenters. The molecular formula is C16H28IN5. The van der Waals surface area contributed by atoms with Crippen LogP contribution in [0, 0.1) is 0 Å². The predicted molar refractivity (Wildman–Crippen MR) is 104 cm³/mol. The number of nitrogens with one attached hydrogen (secondary N) is 1.